The Balaban J connectivity index is 1.14. The van der Waals surface area contributed by atoms with Gasteiger partial charge in [-0.05, 0) is 86.3 Å². The SMILES string of the molecule is CC1(C)c2ccccc2-c2ccc(-c3ccc4c(c3)-c3cccc5c(-c6cccc7c6sc6ccccc67)ccc(c35)O4)cc21. The highest BCUT2D eigenvalue weighted by Crippen LogP contribution is 2.52. The zero-order valence-electron chi connectivity index (χ0n) is 25.0. The van der Waals surface area contributed by atoms with E-state index in [0.717, 1.165) is 17.1 Å². The summed E-state index contributed by atoms with van der Waals surface area (Å²) in [7, 11) is 0. The molecule has 0 fully saturated rings. The summed E-state index contributed by atoms with van der Waals surface area (Å²) in [4.78, 5) is 0. The molecule has 0 atom stereocenters. The minimum Gasteiger partial charge on any atom is -0.456 e. The number of fused-ring (bicyclic) bond motifs is 8. The van der Waals surface area contributed by atoms with E-state index in [1.165, 1.54) is 81.0 Å². The smallest absolute Gasteiger partial charge is 0.135 e. The second kappa shape index (κ2) is 8.94. The third-order valence-corrected chi connectivity index (χ3v) is 11.3. The summed E-state index contributed by atoms with van der Waals surface area (Å²) in [5.74, 6) is 1.83. The molecule has 0 saturated heterocycles. The van der Waals surface area contributed by atoms with Crippen molar-refractivity contribution in [2.75, 3.05) is 0 Å². The van der Waals surface area contributed by atoms with Gasteiger partial charge in [0.15, 0.2) is 0 Å². The van der Waals surface area contributed by atoms with Crippen molar-refractivity contribution < 1.29 is 4.74 Å². The molecule has 2 aliphatic rings. The molecule has 0 spiro atoms. The lowest BCUT2D eigenvalue weighted by molar-refractivity contribution is 0.487. The van der Waals surface area contributed by atoms with Gasteiger partial charge in [-0.25, -0.2) is 0 Å². The molecule has 0 N–H and O–H groups in total. The third kappa shape index (κ3) is 3.43. The monoisotopic (exact) mass is 592 g/mol. The van der Waals surface area contributed by atoms with E-state index in [-0.39, 0.29) is 5.41 Å². The molecule has 0 unspecified atom stereocenters. The lowest BCUT2D eigenvalue weighted by atomic mass is 9.81. The van der Waals surface area contributed by atoms with E-state index in [9.17, 15) is 0 Å². The number of benzene rings is 7. The highest BCUT2D eigenvalue weighted by Gasteiger charge is 2.35. The normalized spacial score (nSPS) is 13.9. The van der Waals surface area contributed by atoms with Gasteiger partial charge in [-0.3, -0.25) is 0 Å². The molecule has 0 amide bonds. The highest BCUT2D eigenvalue weighted by molar-refractivity contribution is 7.26. The Morgan fingerprint density at radius 2 is 1.13 bits per heavy atom. The molecule has 1 nitrogen and oxygen atoms in total. The van der Waals surface area contributed by atoms with Gasteiger partial charge in [0.05, 0.1) is 0 Å². The quantitative estimate of drug-likeness (QED) is 0.194. The van der Waals surface area contributed by atoms with Gasteiger partial charge in [0.25, 0.3) is 0 Å². The van der Waals surface area contributed by atoms with E-state index in [2.05, 4.69) is 147 Å². The maximum Gasteiger partial charge on any atom is 0.135 e. The highest BCUT2D eigenvalue weighted by atomic mass is 32.1. The van der Waals surface area contributed by atoms with E-state index in [1.54, 1.807) is 0 Å². The molecule has 2 heterocycles. The number of hydrogen-bond donors (Lipinski definition) is 0. The van der Waals surface area contributed by atoms with Gasteiger partial charge in [0.1, 0.15) is 11.5 Å². The summed E-state index contributed by atoms with van der Waals surface area (Å²) in [6.07, 6.45) is 0. The van der Waals surface area contributed by atoms with Crippen LogP contribution in [0.5, 0.6) is 11.5 Å². The lowest BCUT2D eigenvalue weighted by Crippen LogP contribution is -2.14. The number of thiophene rings is 1. The van der Waals surface area contributed by atoms with Crippen molar-refractivity contribution in [3.8, 4) is 56.0 Å². The van der Waals surface area contributed by atoms with Crippen LogP contribution < -0.4 is 4.74 Å². The zero-order valence-corrected chi connectivity index (χ0v) is 25.8. The first-order chi connectivity index (χ1) is 22.1. The number of ether oxygens (including phenoxy) is 1. The third-order valence-electron chi connectivity index (χ3n) is 10.1. The van der Waals surface area contributed by atoms with Crippen molar-refractivity contribution in [3.05, 3.63) is 145 Å². The van der Waals surface area contributed by atoms with Gasteiger partial charge in [-0.15, -0.1) is 11.3 Å². The summed E-state index contributed by atoms with van der Waals surface area (Å²) in [6.45, 7) is 4.69. The predicted molar refractivity (Wildman–Crippen MR) is 191 cm³/mol. The van der Waals surface area contributed by atoms with Crippen LogP contribution in [0.4, 0.5) is 0 Å². The summed E-state index contributed by atoms with van der Waals surface area (Å²) < 4.78 is 9.28. The molecule has 45 heavy (non-hydrogen) atoms. The van der Waals surface area contributed by atoms with E-state index < -0.39 is 0 Å². The van der Waals surface area contributed by atoms with Crippen LogP contribution in [0, 0.1) is 0 Å². The Bertz CT molecular complexity index is 2550. The largest absolute Gasteiger partial charge is 0.456 e. The maximum absolute atomic E-state index is 6.62. The van der Waals surface area contributed by atoms with Crippen LogP contribution in [0.25, 0.3) is 75.5 Å². The predicted octanol–water partition coefficient (Wildman–Crippen LogP) is 12.6. The molecule has 0 bridgehead atoms. The van der Waals surface area contributed by atoms with Crippen LogP contribution in [0.15, 0.2) is 133 Å². The zero-order chi connectivity index (χ0) is 29.9. The topological polar surface area (TPSA) is 9.23 Å². The molecule has 0 saturated carbocycles. The van der Waals surface area contributed by atoms with Gasteiger partial charge in [0, 0.05) is 42.1 Å². The van der Waals surface area contributed by atoms with E-state index in [0.29, 0.717) is 0 Å². The Labute approximate surface area is 266 Å². The Morgan fingerprint density at radius 1 is 0.467 bits per heavy atom. The standard InChI is InChI=1S/C43H28OS/c1-43(2)36-15-5-3-9-28(36)29-19-17-26(24-37(29)43)25-18-21-38-35(23-25)32-12-7-11-31-27(20-22-39(44-38)41(31)32)33-13-8-14-34-30-10-4-6-16-40(30)45-42(33)34/h3-24H,1-2H3. The summed E-state index contributed by atoms with van der Waals surface area (Å²) >= 11 is 1.88. The average molecular weight is 593 g/mol. The van der Waals surface area contributed by atoms with Crippen LogP contribution in [-0.2, 0) is 5.41 Å². The summed E-state index contributed by atoms with van der Waals surface area (Å²) in [5, 5.41) is 5.05. The van der Waals surface area contributed by atoms with Crippen LogP contribution in [0.2, 0.25) is 0 Å². The van der Waals surface area contributed by atoms with Gasteiger partial charge in [-0.1, -0.05) is 111 Å². The molecule has 2 heteroatoms. The first kappa shape index (κ1) is 25.2. The van der Waals surface area contributed by atoms with E-state index in [4.69, 9.17) is 4.74 Å². The fourth-order valence-electron chi connectivity index (χ4n) is 7.89. The van der Waals surface area contributed by atoms with Crippen molar-refractivity contribution in [1.29, 1.82) is 0 Å². The fraction of sp³-hybridized carbons (Fsp3) is 0.0698. The van der Waals surface area contributed by atoms with Gasteiger partial charge < -0.3 is 4.74 Å². The minimum atomic E-state index is -0.0303. The molecular weight excluding hydrogens is 565 g/mol. The summed E-state index contributed by atoms with van der Waals surface area (Å²) in [6, 6.07) is 49.0. The average Bonchev–Trinajstić information content (AvgIpc) is 3.57. The van der Waals surface area contributed by atoms with Gasteiger partial charge >= 0.3 is 0 Å². The molecule has 1 aliphatic heterocycles. The van der Waals surface area contributed by atoms with Crippen molar-refractivity contribution >= 4 is 42.3 Å². The van der Waals surface area contributed by atoms with E-state index >= 15 is 0 Å². The number of rotatable bonds is 2. The molecule has 8 aromatic rings. The molecule has 7 aromatic carbocycles. The van der Waals surface area contributed by atoms with Crippen LogP contribution in [0.1, 0.15) is 25.0 Å². The van der Waals surface area contributed by atoms with Gasteiger partial charge in [0.2, 0.25) is 0 Å². The van der Waals surface area contributed by atoms with Crippen molar-refractivity contribution in [1.82, 2.24) is 0 Å². The van der Waals surface area contributed by atoms with Crippen molar-refractivity contribution in [3.63, 3.8) is 0 Å². The minimum absolute atomic E-state index is 0.0303. The van der Waals surface area contributed by atoms with Crippen LogP contribution in [-0.4, -0.2) is 0 Å². The molecule has 10 rings (SSSR count). The second-order valence-electron chi connectivity index (χ2n) is 12.9. The molecule has 1 aromatic heterocycles. The van der Waals surface area contributed by atoms with Crippen LogP contribution in [0.3, 0.4) is 0 Å². The maximum atomic E-state index is 6.62. The lowest BCUT2D eigenvalue weighted by Gasteiger charge is -2.24. The first-order valence-electron chi connectivity index (χ1n) is 15.6. The molecule has 0 radical (unpaired) electrons. The van der Waals surface area contributed by atoms with Crippen molar-refractivity contribution in [2.45, 2.75) is 19.3 Å². The number of hydrogen-bond acceptors (Lipinski definition) is 2. The molecule has 1 aliphatic carbocycles. The summed E-state index contributed by atoms with van der Waals surface area (Å²) in [5.41, 5.74) is 12.8. The Morgan fingerprint density at radius 3 is 2.07 bits per heavy atom. The van der Waals surface area contributed by atoms with Crippen LogP contribution >= 0.6 is 11.3 Å². The Kier molecular flexibility index (Phi) is 5.00. The second-order valence-corrected chi connectivity index (χ2v) is 13.9. The fourth-order valence-corrected chi connectivity index (χ4v) is 9.12. The van der Waals surface area contributed by atoms with E-state index in [1.807, 2.05) is 11.3 Å². The first-order valence-corrected chi connectivity index (χ1v) is 16.4. The van der Waals surface area contributed by atoms with Gasteiger partial charge in [-0.2, -0.15) is 0 Å². The van der Waals surface area contributed by atoms with Crippen molar-refractivity contribution in [2.24, 2.45) is 0 Å². The Hall–Kier alpha value is -5.18. The molecule has 212 valence electrons. The molecular formula is C43H28OS.